The predicted molar refractivity (Wildman–Crippen MR) is 187 cm³/mol. The van der Waals surface area contributed by atoms with Crippen LogP contribution in [0.5, 0.6) is 5.75 Å². The maximum Gasteiger partial charge on any atom is 0.241 e. The van der Waals surface area contributed by atoms with Gasteiger partial charge < -0.3 is 9.30 Å². The fourth-order valence-corrected chi connectivity index (χ4v) is 4.98. The Morgan fingerprint density at radius 1 is 1.13 bits per heavy atom. The van der Waals surface area contributed by atoms with Gasteiger partial charge in [-0.15, -0.1) is 0 Å². The number of aryl methyl sites for hydroxylation is 1. The van der Waals surface area contributed by atoms with Gasteiger partial charge >= 0.3 is 0 Å². The SMILES string of the molecule is C=C/C=C(\C=C)C(C)N(N)C(=O)Cc1cc(-n2c(C)ccc2-c2cc(Br)ccc2OC/C(=C/C=C(\C)F)CF)ccc1Cl.CC. The highest BCUT2D eigenvalue weighted by Crippen LogP contribution is 2.36. The number of benzene rings is 2. The van der Waals surface area contributed by atoms with E-state index in [1.165, 1.54) is 24.1 Å². The molecular weight excluding hydrogens is 660 g/mol. The Balaban J connectivity index is 0.00000345. The first-order chi connectivity index (χ1) is 21.5. The molecule has 1 atom stereocenters. The van der Waals surface area contributed by atoms with Crippen LogP contribution in [0.1, 0.15) is 39.0 Å². The van der Waals surface area contributed by atoms with Gasteiger partial charge in [-0.25, -0.2) is 14.6 Å². The number of amides is 1. The average Bonchev–Trinajstić information content (AvgIpc) is 3.42. The molecule has 45 heavy (non-hydrogen) atoms. The second-order valence-electron chi connectivity index (χ2n) is 9.87. The van der Waals surface area contributed by atoms with E-state index < -0.39 is 18.5 Å². The molecule has 9 heteroatoms. The minimum Gasteiger partial charge on any atom is -0.488 e. The van der Waals surface area contributed by atoms with E-state index >= 15 is 0 Å². The number of alkyl halides is 1. The number of nitrogens with zero attached hydrogens (tertiary/aromatic N) is 2. The maximum absolute atomic E-state index is 13.6. The summed E-state index contributed by atoms with van der Waals surface area (Å²) in [7, 11) is 0. The van der Waals surface area contributed by atoms with E-state index in [2.05, 4.69) is 29.1 Å². The van der Waals surface area contributed by atoms with Crippen LogP contribution >= 0.6 is 27.5 Å². The highest BCUT2D eigenvalue weighted by molar-refractivity contribution is 9.10. The molecule has 0 aliphatic heterocycles. The van der Waals surface area contributed by atoms with Gasteiger partial charge in [-0.05, 0) is 92.1 Å². The predicted octanol–water partition coefficient (Wildman–Crippen LogP) is 9.97. The number of allylic oxidation sites excluding steroid dienone is 5. The van der Waals surface area contributed by atoms with Crippen molar-refractivity contribution in [3.8, 4) is 22.7 Å². The molecule has 5 nitrogen and oxygen atoms in total. The molecule has 2 aromatic carbocycles. The molecule has 1 heterocycles. The van der Waals surface area contributed by atoms with Crippen LogP contribution in [0.2, 0.25) is 5.02 Å². The standard InChI is InChI=1S/C34H35BrClF2N3O2.C2H6/c1-6-8-26(7-2)24(5)41(39)34(42)18-27-17-29(13-14-31(27)36)40-23(4)10-15-32(40)30-19-28(35)12-16-33(30)43-21-25(20-37)11-9-22(3)38;1-2/h6-17,19,24H,1-2,18,20-21,39H2,3-5H3;1-2H3/b22-9+,25-11+,26-8+;. The van der Waals surface area contributed by atoms with Crippen LogP contribution in [0.15, 0.2) is 114 Å². The van der Waals surface area contributed by atoms with E-state index in [1.807, 2.05) is 68.7 Å². The number of hydrazine groups is 1. The van der Waals surface area contributed by atoms with Gasteiger partial charge in [0.15, 0.2) is 0 Å². The second-order valence-corrected chi connectivity index (χ2v) is 11.2. The Morgan fingerprint density at radius 3 is 2.47 bits per heavy atom. The number of aromatic nitrogens is 1. The molecule has 0 saturated heterocycles. The lowest BCUT2D eigenvalue weighted by molar-refractivity contribution is -0.132. The van der Waals surface area contributed by atoms with E-state index in [0.717, 1.165) is 32.7 Å². The summed E-state index contributed by atoms with van der Waals surface area (Å²) < 4.78 is 35.6. The van der Waals surface area contributed by atoms with Crippen LogP contribution in [-0.2, 0) is 11.2 Å². The number of carbonyl (C=O) groups excluding carboxylic acids is 1. The topological polar surface area (TPSA) is 60.5 Å². The van der Waals surface area contributed by atoms with Crippen molar-refractivity contribution in [2.75, 3.05) is 13.3 Å². The zero-order valence-electron chi connectivity index (χ0n) is 26.4. The smallest absolute Gasteiger partial charge is 0.241 e. The molecule has 3 aromatic rings. The van der Waals surface area contributed by atoms with Crippen molar-refractivity contribution in [1.82, 2.24) is 9.58 Å². The van der Waals surface area contributed by atoms with E-state index in [0.29, 0.717) is 21.9 Å². The summed E-state index contributed by atoms with van der Waals surface area (Å²) in [4.78, 5) is 13.2. The van der Waals surface area contributed by atoms with Crippen LogP contribution < -0.4 is 10.6 Å². The number of nitrogens with two attached hydrogens (primary N) is 1. The molecule has 3 rings (SSSR count). The van der Waals surface area contributed by atoms with Gasteiger partial charge in [0.2, 0.25) is 5.91 Å². The Labute approximate surface area is 279 Å². The molecule has 0 aliphatic rings. The highest BCUT2D eigenvalue weighted by atomic mass is 79.9. The van der Waals surface area contributed by atoms with E-state index in [9.17, 15) is 13.6 Å². The third-order valence-corrected chi connectivity index (χ3v) is 7.65. The van der Waals surface area contributed by atoms with Gasteiger partial charge in [-0.2, -0.15) is 0 Å². The van der Waals surface area contributed by atoms with Crippen molar-refractivity contribution < 1.29 is 18.3 Å². The number of halogens is 4. The Morgan fingerprint density at radius 2 is 1.84 bits per heavy atom. The van der Waals surface area contributed by atoms with Crippen LogP contribution in [-0.4, -0.2) is 34.8 Å². The molecule has 240 valence electrons. The molecule has 0 bridgehead atoms. The Kier molecular flexibility index (Phi) is 15.2. The highest BCUT2D eigenvalue weighted by Gasteiger charge is 2.21. The number of hydrogen-bond acceptors (Lipinski definition) is 3. The van der Waals surface area contributed by atoms with Crippen molar-refractivity contribution in [3.63, 3.8) is 0 Å². The Bertz CT molecular complexity index is 1590. The van der Waals surface area contributed by atoms with Gasteiger partial charge in [-0.1, -0.05) is 78.8 Å². The van der Waals surface area contributed by atoms with Crippen LogP contribution in [0.4, 0.5) is 8.78 Å². The summed E-state index contributed by atoms with van der Waals surface area (Å²) in [6.07, 6.45) is 7.59. The third-order valence-electron chi connectivity index (χ3n) is 6.79. The maximum atomic E-state index is 13.6. The molecule has 0 fully saturated rings. The van der Waals surface area contributed by atoms with Crippen molar-refractivity contribution in [2.24, 2.45) is 5.84 Å². The van der Waals surface area contributed by atoms with Gasteiger partial charge in [0, 0.05) is 26.4 Å². The number of carbonyl (C=O) groups is 1. The fourth-order valence-electron chi connectivity index (χ4n) is 4.43. The molecule has 1 unspecified atom stereocenters. The third kappa shape index (κ3) is 10.1. The van der Waals surface area contributed by atoms with E-state index in [4.69, 9.17) is 22.2 Å². The first-order valence-electron chi connectivity index (χ1n) is 14.5. The lowest BCUT2D eigenvalue weighted by Crippen LogP contribution is -2.45. The summed E-state index contributed by atoms with van der Waals surface area (Å²) in [5, 5.41) is 1.60. The minimum atomic E-state index is -0.768. The molecule has 0 spiro atoms. The monoisotopic (exact) mass is 699 g/mol. The molecule has 0 radical (unpaired) electrons. The summed E-state index contributed by atoms with van der Waals surface area (Å²) in [6.45, 7) is 15.7. The summed E-state index contributed by atoms with van der Waals surface area (Å²) in [5.74, 6) is 5.97. The van der Waals surface area contributed by atoms with Crippen molar-refractivity contribution in [3.05, 3.63) is 130 Å². The number of hydrogen-bond donors (Lipinski definition) is 1. The van der Waals surface area contributed by atoms with Crippen LogP contribution in [0, 0.1) is 6.92 Å². The van der Waals surface area contributed by atoms with Crippen LogP contribution in [0.25, 0.3) is 16.9 Å². The quantitative estimate of drug-likeness (QED) is 0.0836. The first-order valence-corrected chi connectivity index (χ1v) is 15.7. The second kappa shape index (κ2) is 18.3. The molecule has 1 aromatic heterocycles. The average molecular weight is 701 g/mol. The largest absolute Gasteiger partial charge is 0.488 e. The van der Waals surface area contributed by atoms with Crippen molar-refractivity contribution >= 4 is 33.4 Å². The minimum absolute atomic E-state index is 0.0158. The normalized spacial score (nSPS) is 12.6. The Hall–Kier alpha value is -3.72. The zero-order valence-corrected chi connectivity index (χ0v) is 28.8. The summed E-state index contributed by atoms with van der Waals surface area (Å²) >= 11 is 10.1. The molecule has 0 saturated carbocycles. The molecule has 2 N–H and O–H groups in total. The zero-order chi connectivity index (χ0) is 33.7. The lowest BCUT2D eigenvalue weighted by Gasteiger charge is -2.25. The van der Waals surface area contributed by atoms with Gasteiger partial charge in [-0.3, -0.25) is 9.80 Å². The number of ether oxygens (including phenoxy) is 1. The summed E-state index contributed by atoms with van der Waals surface area (Å²) in [6, 6.07) is 14.5. The summed E-state index contributed by atoms with van der Waals surface area (Å²) in [5.41, 5.74) is 4.92. The van der Waals surface area contributed by atoms with Gasteiger partial charge in [0.25, 0.3) is 0 Å². The van der Waals surface area contributed by atoms with Crippen molar-refractivity contribution in [1.29, 1.82) is 0 Å². The molecular formula is C36H41BrClF2N3O2. The van der Waals surface area contributed by atoms with E-state index in [1.54, 1.807) is 30.4 Å². The van der Waals surface area contributed by atoms with Gasteiger partial charge in [0.05, 0.1) is 24.0 Å². The lowest BCUT2D eigenvalue weighted by atomic mass is 10.1. The fraction of sp³-hybridized carbons (Fsp3) is 0.250. The molecule has 0 aliphatic carbocycles. The number of rotatable bonds is 13. The first kappa shape index (κ1) is 37.5. The van der Waals surface area contributed by atoms with Crippen molar-refractivity contribution in [2.45, 2.75) is 47.1 Å². The van der Waals surface area contributed by atoms with E-state index in [-0.39, 0.29) is 18.9 Å². The molecule has 1 amide bonds. The van der Waals surface area contributed by atoms with Crippen LogP contribution in [0.3, 0.4) is 0 Å². The van der Waals surface area contributed by atoms with Gasteiger partial charge in [0.1, 0.15) is 19.0 Å².